The Balaban J connectivity index is 1.40. The van der Waals surface area contributed by atoms with E-state index < -0.39 is 0 Å². The molecule has 1 saturated heterocycles. The van der Waals surface area contributed by atoms with Crippen LogP contribution in [0.5, 0.6) is 0 Å². The summed E-state index contributed by atoms with van der Waals surface area (Å²) in [5.41, 5.74) is 3.58. The van der Waals surface area contributed by atoms with Gasteiger partial charge in [-0.3, -0.25) is 4.90 Å². The number of rotatable bonds is 3. The number of hydrogen-bond donors (Lipinski definition) is 0. The molecule has 0 saturated carbocycles. The van der Waals surface area contributed by atoms with Crippen LogP contribution in [0.25, 0.3) is 0 Å². The zero-order chi connectivity index (χ0) is 16.6. The van der Waals surface area contributed by atoms with Crippen LogP contribution in [0.15, 0.2) is 36.4 Å². The molecule has 0 amide bonds. The first-order valence-corrected chi connectivity index (χ1v) is 9.50. The summed E-state index contributed by atoms with van der Waals surface area (Å²) in [5, 5.41) is 0. The quantitative estimate of drug-likeness (QED) is 0.790. The topological polar surface area (TPSA) is 29.5 Å². The molecule has 0 bridgehead atoms. The van der Waals surface area contributed by atoms with E-state index in [0.717, 1.165) is 19.6 Å². The van der Waals surface area contributed by atoms with Gasteiger partial charge in [0, 0.05) is 11.4 Å². The van der Waals surface area contributed by atoms with E-state index in [1.165, 1.54) is 37.7 Å². The number of benzene rings is 1. The summed E-state index contributed by atoms with van der Waals surface area (Å²) in [6.07, 6.45) is 5.05. The van der Waals surface area contributed by atoms with Crippen molar-refractivity contribution in [2.75, 3.05) is 20.2 Å². The van der Waals surface area contributed by atoms with E-state index >= 15 is 0 Å². The zero-order valence-electron chi connectivity index (χ0n) is 14.1. The van der Waals surface area contributed by atoms with Crippen LogP contribution in [0.2, 0.25) is 0 Å². The first-order chi connectivity index (χ1) is 11.7. The Labute approximate surface area is 147 Å². The normalized spacial score (nSPS) is 19.4. The number of likely N-dealkylation sites (tertiary alicyclic amines) is 1. The van der Waals surface area contributed by atoms with Crippen molar-refractivity contribution in [2.24, 2.45) is 0 Å². The van der Waals surface area contributed by atoms with Crippen LogP contribution in [0.1, 0.15) is 44.9 Å². The van der Waals surface area contributed by atoms with Gasteiger partial charge in [0.15, 0.2) is 0 Å². The number of ether oxygens (including phenoxy) is 1. The monoisotopic (exact) mass is 341 g/mol. The fourth-order valence-electron chi connectivity index (χ4n) is 4.32. The molecule has 1 aromatic heterocycles. The van der Waals surface area contributed by atoms with Crippen molar-refractivity contribution in [3.8, 4) is 0 Å². The predicted octanol–water partition coefficient (Wildman–Crippen LogP) is 4.01. The van der Waals surface area contributed by atoms with Gasteiger partial charge in [0.25, 0.3) is 0 Å². The molecule has 0 radical (unpaired) electrons. The molecule has 24 heavy (non-hydrogen) atoms. The molecule has 4 heteroatoms. The number of carbonyl (C=O) groups excluding carboxylic acids is 1. The van der Waals surface area contributed by atoms with Gasteiger partial charge in [0.2, 0.25) is 0 Å². The maximum absolute atomic E-state index is 11.6. The van der Waals surface area contributed by atoms with Crippen molar-refractivity contribution >= 4 is 17.3 Å². The van der Waals surface area contributed by atoms with Gasteiger partial charge in [-0.15, -0.1) is 11.3 Å². The van der Waals surface area contributed by atoms with Gasteiger partial charge in [0.1, 0.15) is 4.88 Å². The Morgan fingerprint density at radius 3 is 2.75 bits per heavy atom. The van der Waals surface area contributed by atoms with Crippen molar-refractivity contribution in [1.29, 1.82) is 0 Å². The molecule has 2 aliphatic rings. The standard InChI is InChI=1S/C20H23NO2S/c1-23-19(22)18-7-6-16(24-18)14-21-12-10-20(11-13-21)9-8-15-4-2-3-5-17(15)20/h2-7H,8-14H2,1H3. The van der Waals surface area contributed by atoms with E-state index in [9.17, 15) is 4.79 Å². The highest BCUT2D eigenvalue weighted by Crippen LogP contribution is 2.46. The van der Waals surface area contributed by atoms with Gasteiger partial charge in [-0.25, -0.2) is 4.79 Å². The summed E-state index contributed by atoms with van der Waals surface area (Å²) in [6, 6.07) is 13.0. The lowest BCUT2D eigenvalue weighted by molar-refractivity contribution is 0.0606. The van der Waals surface area contributed by atoms with Crippen molar-refractivity contribution in [3.63, 3.8) is 0 Å². The first-order valence-electron chi connectivity index (χ1n) is 8.68. The lowest BCUT2D eigenvalue weighted by atomic mass is 9.74. The highest BCUT2D eigenvalue weighted by Gasteiger charge is 2.40. The highest BCUT2D eigenvalue weighted by atomic mass is 32.1. The van der Waals surface area contributed by atoms with Crippen molar-refractivity contribution in [3.05, 3.63) is 57.3 Å². The Morgan fingerprint density at radius 2 is 1.96 bits per heavy atom. The molecule has 1 aliphatic carbocycles. The maximum atomic E-state index is 11.6. The maximum Gasteiger partial charge on any atom is 0.348 e. The minimum atomic E-state index is -0.230. The Kier molecular flexibility index (Phi) is 4.19. The molecular formula is C20H23NO2S. The molecule has 2 heterocycles. The second kappa shape index (κ2) is 6.34. The van der Waals surface area contributed by atoms with Gasteiger partial charge in [0.05, 0.1) is 7.11 Å². The third-order valence-corrected chi connectivity index (χ3v) is 6.75. The molecule has 1 spiro atoms. The molecular weight excluding hydrogens is 318 g/mol. The van der Waals surface area contributed by atoms with E-state index in [2.05, 4.69) is 35.2 Å². The zero-order valence-corrected chi connectivity index (χ0v) is 14.9. The van der Waals surface area contributed by atoms with Crippen LogP contribution in [0, 0.1) is 0 Å². The predicted molar refractivity (Wildman–Crippen MR) is 96.6 cm³/mol. The van der Waals surface area contributed by atoms with Crippen LogP contribution >= 0.6 is 11.3 Å². The van der Waals surface area contributed by atoms with E-state index in [1.807, 2.05) is 6.07 Å². The van der Waals surface area contributed by atoms with Gasteiger partial charge in [-0.1, -0.05) is 24.3 Å². The van der Waals surface area contributed by atoms with Crippen LogP contribution in [-0.2, 0) is 23.1 Å². The average Bonchev–Trinajstić information content (AvgIpc) is 3.23. The summed E-state index contributed by atoms with van der Waals surface area (Å²) in [4.78, 5) is 16.1. The van der Waals surface area contributed by atoms with Crippen molar-refractivity contribution < 1.29 is 9.53 Å². The molecule has 1 aromatic carbocycles. The first kappa shape index (κ1) is 15.9. The molecule has 0 N–H and O–H groups in total. The number of fused-ring (bicyclic) bond motifs is 2. The fourth-order valence-corrected chi connectivity index (χ4v) is 5.28. The van der Waals surface area contributed by atoms with Gasteiger partial charge in [-0.2, -0.15) is 0 Å². The SMILES string of the molecule is COC(=O)c1ccc(CN2CCC3(CCc4ccccc43)CC2)s1. The number of carbonyl (C=O) groups is 1. The molecule has 2 aromatic rings. The number of methoxy groups -OCH3 is 1. The fraction of sp³-hybridized carbons (Fsp3) is 0.450. The van der Waals surface area contributed by atoms with Crippen LogP contribution in [0.3, 0.4) is 0 Å². The van der Waals surface area contributed by atoms with E-state index in [4.69, 9.17) is 4.74 Å². The van der Waals surface area contributed by atoms with Crippen LogP contribution < -0.4 is 0 Å². The summed E-state index contributed by atoms with van der Waals surface area (Å²) in [7, 11) is 1.44. The number of nitrogens with zero attached hydrogens (tertiary/aromatic N) is 1. The van der Waals surface area contributed by atoms with Gasteiger partial charge >= 0.3 is 5.97 Å². The van der Waals surface area contributed by atoms with Crippen LogP contribution in [0.4, 0.5) is 0 Å². The van der Waals surface area contributed by atoms with Crippen molar-refractivity contribution in [1.82, 2.24) is 4.90 Å². The number of aryl methyl sites for hydroxylation is 1. The smallest absolute Gasteiger partial charge is 0.348 e. The third-order valence-electron chi connectivity index (χ3n) is 5.70. The Morgan fingerprint density at radius 1 is 1.17 bits per heavy atom. The summed E-state index contributed by atoms with van der Waals surface area (Å²) in [6.45, 7) is 3.22. The molecule has 3 nitrogen and oxygen atoms in total. The Hall–Kier alpha value is -1.65. The van der Waals surface area contributed by atoms with Gasteiger partial charge < -0.3 is 4.74 Å². The summed E-state index contributed by atoms with van der Waals surface area (Å²) < 4.78 is 4.79. The molecule has 4 rings (SSSR count). The van der Waals surface area contributed by atoms with E-state index in [-0.39, 0.29) is 5.97 Å². The van der Waals surface area contributed by atoms with E-state index in [1.54, 1.807) is 22.5 Å². The highest BCUT2D eigenvalue weighted by molar-refractivity contribution is 7.13. The third kappa shape index (κ3) is 2.78. The summed E-state index contributed by atoms with van der Waals surface area (Å²) in [5.74, 6) is -0.230. The number of hydrogen-bond acceptors (Lipinski definition) is 4. The molecule has 0 unspecified atom stereocenters. The molecule has 1 aliphatic heterocycles. The minimum Gasteiger partial charge on any atom is -0.465 e. The Bertz CT molecular complexity index is 744. The second-order valence-corrected chi connectivity index (χ2v) is 8.14. The number of piperidine rings is 1. The minimum absolute atomic E-state index is 0.230. The molecule has 1 fully saturated rings. The summed E-state index contributed by atoms with van der Waals surface area (Å²) >= 11 is 1.56. The van der Waals surface area contributed by atoms with Gasteiger partial charge in [-0.05, 0) is 67.4 Å². The average molecular weight is 341 g/mol. The van der Waals surface area contributed by atoms with Crippen LogP contribution in [-0.4, -0.2) is 31.1 Å². The second-order valence-electron chi connectivity index (χ2n) is 6.97. The van der Waals surface area contributed by atoms with Crippen molar-refractivity contribution in [2.45, 2.75) is 37.6 Å². The lowest BCUT2D eigenvalue weighted by Crippen LogP contribution is -2.41. The molecule has 126 valence electrons. The number of thiophene rings is 1. The lowest BCUT2D eigenvalue weighted by Gasteiger charge is -2.40. The largest absolute Gasteiger partial charge is 0.465 e. The molecule has 0 atom stereocenters. The number of esters is 1. The van der Waals surface area contributed by atoms with E-state index in [0.29, 0.717) is 10.3 Å².